The summed E-state index contributed by atoms with van der Waals surface area (Å²) in [5, 5.41) is 3.23. The molecule has 1 heterocycles. The number of nitrogens with one attached hydrogen (secondary N) is 1. The van der Waals surface area contributed by atoms with Crippen LogP contribution in [0.25, 0.3) is 0 Å². The molecule has 1 aromatic rings. The lowest BCUT2D eigenvalue weighted by Gasteiger charge is -2.19. The van der Waals surface area contributed by atoms with E-state index < -0.39 is 0 Å². The minimum atomic E-state index is 0.132. The molecule has 96 valence electrons. The summed E-state index contributed by atoms with van der Waals surface area (Å²) in [5.74, 6) is 1.84. The third-order valence-corrected chi connectivity index (χ3v) is 2.65. The quantitative estimate of drug-likeness (QED) is 0.823. The Morgan fingerprint density at radius 1 is 1.53 bits per heavy atom. The van der Waals surface area contributed by atoms with E-state index in [1.807, 2.05) is 32.9 Å². The average molecular weight is 238 g/mol. The van der Waals surface area contributed by atoms with Crippen LogP contribution in [0.1, 0.15) is 31.8 Å². The van der Waals surface area contributed by atoms with E-state index in [0.29, 0.717) is 13.0 Å². The maximum absolute atomic E-state index is 11.9. The van der Waals surface area contributed by atoms with E-state index >= 15 is 0 Å². The summed E-state index contributed by atoms with van der Waals surface area (Å²) in [6, 6.07) is 4.04. The number of hydrogen-bond acceptors (Lipinski definition) is 3. The van der Waals surface area contributed by atoms with E-state index in [0.717, 1.165) is 18.1 Å². The molecule has 1 aromatic heterocycles. The third kappa shape index (κ3) is 4.61. The molecule has 0 fully saturated rings. The smallest absolute Gasteiger partial charge is 0.224 e. The van der Waals surface area contributed by atoms with Crippen LogP contribution in [-0.2, 0) is 11.3 Å². The van der Waals surface area contributed by atoms with Crippen molar-refractivity contribution in [3.63, 3.8) is 0 Å². The molecule has 1 amide bonds. The van der Waals surface area contributed by atoms with Crippen molar-refractivity contribution in [3.8, 4) is 0 Å². The molecular formula is C13H22N2O2. The van der Waals surface area contributed by atoms with Crippen LogP contribution < -0.4 is 5.32 Å². The zero-order chi connectivity index (χ0) is 12.8. The van der Waals surface area contributed by atoms with E-state index in [4.69, 9.17) is 4.42 Å². The fraction of sp³-hybridized carbons (Fsp3) is 0.615. The molecule has 0 aliphatic rings. The summed E-state index contributed by atoms with van der Waals surface area (Å²) >= 11 is 0. The lowest BCUT2D eigenvalue weighted by atomic mass is 10.2. The Bertz CT molecular complexity index is 360. The predicted octanol–water partition coefficient (Wildman–Crippen LogP) is 1.93. The molecular weight excluding hydrogens is 216 g/mol. The molecule has 0 radical (unpaired) electrons. The summed E-state index contributed by atoms with van der Waals surface area (Å²) in [5.41, 5.74) is 0. The molecule has 0 spiro atoms. The molecule has 0 aliphatic heterocycles. The third-order valence-electron chi connectivity index (χ3n) is 2.65. The summed E-state index contributed by atoms with van der Waals surface area (Å²) in [6.45, 7) is 7.38. The Labute approximate surface area is 103 Å². The molecule has 0 saturated carbocycles. The predicted molar refractivity (Wildman–Crippen MR) is 67.7 cm³/mol. The van der Waals surface area contributed by atoms with Crippen LogP contribution in [0.5, 0.6) is 0 Å². The fourth-order valence-corrected chi connectivity index (χ4v) is 1.73. The van der Waals surface area contributed by atoms with Gasteiger partial charge in [0.05, 0.1) is 6.54 Å². The Morgan fingerprint density at radius 2 is 2.24 bits per heavy atom. The van der Waals surface area contributed by atoms with Gasteiger partial charge in [-0.15, -0.1) is 0 Å². The number of carbonyl (C=O) groups excluding carboxylic acids is 1. The second-order valence-corrected chi connectivity index (χ2v) is 4.43. The van der Waals surface area contributed by atoms with Crippen molar-refractivity contribution in [3.05, 3.63) is 23.7 Å². The van der Waals surface area contributed by atoms with Gasteiger partial charge in [-0.05, 0) is 32.5 Å². The first-order valence-electron chi connectivity index (χ1n) is 6.05. The van der Waals surface area contributed by atoms with Gasteiger partial charge in [0.2, 0.25) is 5.91 Å². The molecule has 1 N–H and O–H groups in total. The molecule has 0 bridgehead atoms. The van der Waals surface area contributed by atoms with Gasteiger partial charge in [0, 0.05) is 19.5 Å². The minimum Gasteiger partial charge on any atom is -0.464 e. The average Bonchev–Trinajstić information content (AvgIpc) is 2.64. The minimum absolute atomic E-state index is 0.132. The van der Waals surface area contributed by atoms with Crippen LogP contribution in [0.4, 0.5) is 0 Å². The SMILES string of the molecule is CCNC(C)CC(=O)N(C)Cc1ccc(C)o1. The van der Waals surface area contributed by atoms with Gasteiger partial charge in [0.15, 0.2) is 0 Å². The first-order chi connectivity index (χ1) is 8.02. The van der Waals surface area contributed by atoms with Crippen molar-refractivity contribution in [2.75, 3.05) is 13.6 Å². The molecule has 1 rings (SSSR count). The van der Waals surface area contributed by atoms with Crippen LogP contribution in [0.2, 0.25) is 0 Å². The van der Waals surface area contributed by atoms with E-state index in [1.165, 1.54) is 0 Å². The van der Waals surface area contributed by atoms with Gasteiger partial charge in [-0.3, -0.25) is 4.79 Å². The molecule has 1 atom stereocenters. The van der Waals surface area contributed by atoms with Crippen molar-refractivity contribution >= 4 is 5.91 Å². The largest absolute Gasteiger partial charge is 0.464 e. The topological polar surface area (TPSA) is 45.5 Å². The van der Waals surface area contributed by atoms with Crippen molar-refractivity contribution in [1.29, 1.82) is 0 Å². The molecule has 1 unspecified atom stereocenters. The standard InChI is InChI=1S/C13H22N2O2/c1-5-14-10(2)8-13(16)15(4)9-12-7-6-11(3)17-12/h6-7,10,14H,5,8-9H2,1-4H3. The van der Waals surface area contributed by atoms with Crippen molar-refractivity contribution in [1.82, 2.24) is 10.2 Å². The molecule has 0 saturated heterocycles. The number of hydrogen-bond donors (Lipinski definition) is 1. The maximum Gasteiger partial charge on any atom is 0.224 e. The highest BCUT2D eigenvalue weighted by Crippen LogP contribution is 2.09. The zero-order valence-electron chi connectivity index (χ0n) is 11.1. The van der Waals surface area contributed by atoms with Crippen molar-refractivity contribution in [2.24, 2.45) is 0 Å². The highest BCUT2D eigenvalue weighted by Gasteiger charge is 2.14. The number of amides is 1. The van der Waals surface area contributed by atoms with Gasteiger partial charge in [0.25, 0.3) is 0 Å². The molecule has 0 aromatic carbocycles. The number of furan rings is 1. The Hall–Kier alpha value is -1.29. The summed E-state index contributed by atoms with van der Waals surface area (Å²) < 4.78 is 5.45. The Morgan fingerprint density at radius 3 is 2.76 bits per heavy atom. The van der Waals surface area contributed by atoms with Crippen molar-refractivity contribution in [2.45, 2.75) is 39.8 Å². The van der Waals surface area contributed by atoms with Gasteiger partial charge < -0.3 is 14.6 Å². The second-order valence-electron chi connectivity index (χ2n) is 4.43. The molecule has 0 aliphatic carbocycles. The van der Waals surface area contributed by atoms with E-state index in [9.17, 15) is 4.79 Å². The van der Waals surface area contributed by atoms with E-state index in [2.05, 4.69) is 5.32 Å². The molecule has 17 heavy (non-hydrogen) atoms. The molecule has 4 nitrogen and oxygen atoms in total. The van der Waals surface area contributed by atoms with Gasteiger partial charge in [-0.1, -0.05) is 6.92 Å². The highest BCUT2D eigenvalue weighted by atomic mass is 16.3. The summed E-state index contributed by atoms with van der Waals surface area (Å²) in [4.78, 5) is 13.6. The van der Waals surface area contributed by atoms with Crippen LogP contribution in [0.3, 0.4) is 0 Å². The number of aryl methyl sites for hydroxylation is 1. The van der Waals surface area contributed by atoms with Crippen LogP contribution in [0.15, 0.2) is 16.5 Å². The summed E-state index contributed by atoms with van der Waals surface area (Å²) in [6.07, 6.45) is 0.518. The highest BCUT2D eigenvalue weighted by molar-refractivity contribution is 5.76. The van der Waals surface area contributed by atoms with Gasteiger partial charge in [0.1, 0.15) is 11.5 Å². The van der Waals surface area contributed by atoms with E-state index in [1.54, 1.807) is 11.9 Å². The van der Waals surface area contributed by atoms with Crippen LogP contribution >= 0.6 is 0 Å². The van der Waals surface area contributed by atoms with Gasteiger partial charge >= 0.3 is 0 Å². The van der Waals surface area contributed by atoms with Gasteiger partial charge in [-0.2, -0.15) is 0 Å². The number of rotatable bonds is 6. The lowest BCUT2D eigenvalue weighted by Crippen LogP contribution is -2.34. The Balaban J connectivity index is 2.41. The first kappa shape index (κ1) is 13.8. The van der Waals surface area contributed by atoms with Crippen molar-refractivity contribution < 1.29 is 9.21 Å². The monoisotopic (exact) mass is 238 g/mol. The fourth-order valence-electron chi connectivity index (χ4n) is 1.73. The normalized spacial score (nSPS) is 12.5. The number of carbonyl (C=O) groups is 1. The number of nitrogens with zero attached hydrogens (tertiary/aromatic N) is 1. The Kier molecular flexibility index (Phi) is 5.22. The van der Waals surface area contributed by atoms with Gasteiger partial charge in [-0.25, -0.2) is 0 Å². The molecule has 4 heteroatoms. The first-order valence-corrected chi connectivity index (χ1v) is 6.05. The van der Waals surface area contributed by atoms with Crippen LogP contribution in [-0.4, -0.2) is 30.4 Å². The zero-order valence-corrected chi connectivity index (χ0v) is 11.1. The maximum atomic E-state index is 11.9. The lowest BCUT2D eigenvalue weighted by molar-refractivity contribution is -0.131. The van der Waals surface area contributed by atoms with E-state index in [-0.39, 0.29) is 11.9 Å². The summed E-state index contributed by atoms with van der Waals surface area (Å²) in [7, 11) is 1.80. The van der Waals surface area contributed by atoms with Crippen LogP contribution in [0, 0.1) is 6.92 Å². The second kappa shape index (κ2) is 6.45.